The number of carbonyl (C=O) groups is 2. The summed E-state index contributed by atoms with van der Waals surface area (Å²) in [7, 11) is 0. The molecular formula is C16H27N3O2. The zero-order valence-corrected chi connectivity index (χ0v) is 12.6. The van der Waals surface area contributed by atoms with Gasteiger partial charge in [0.1, 0.15) is 0 Å². The first kappa shape index (κ1) is 14.8. The second-order valence-electron chi connectivity index (χ2n) is 7.20. The molecule has 2 amide bonds. The molecule has 2 aliphatic heterocycles. The predicted molar refractivity (Wildman–Crippen MR) is 80.4 cm³/mol. The molecule has 5 heteroatoms. The van der Waals surface area contributed by atoms with Gasteiger partial charge >= 0.3 is 0 Å². The quantitative estimate of drug-likeness (QED) is 0.725. The van der Waals surface area contributed by atoms with Crippen molar-refractivity contribution in [2.45, 2.75) is 75.9 Å². The molecule has 2 unspecified atom stereocenters. The molecule has 0 spiro atoms. The highest BCUT2D eigenvalue weighted by Gasteiger charge is 2.34. The van der Waals surface area contributed by atoms with Gasteiger partial charge in [0.15, 0.2) is 0 Å². The molecule has 4 N–H and O–H groups in total. The van der Waals surface area contributed by atoms with Gasteiger partial charge in [-0.1, -0.05) is 0 Å². The Morgan fingerprint density at radius 2 is 1.62 bits per heavy atom. The number of piperidine rings is 1. The number of carbonyl (C=O) groups excluding carboxylic acids is 2. The van der Waals surface area contributed by atoms with Crippen LogP contribution in [0.1, 0.15) is 57.8 Å². The Morgan fingerprint density at radius 1 is 1.00 bits per heavy atom. The standard InChI is InChI=1S/C16H27N3O2/c17-16(21)11-1-3-12(4-2-11)19-15(20)9-10-7-13-5-6-14(8-10)18-13/h10-14,18H,1-9H2,(H2,17,21)(H,19,20). The van der Waals surface area contributed by atoms with Crippen LogP contribution in [0.3, 0.4) is 0 Å². The van der Waals surface area contributed by atoms with Gasteiger partial charge in [0.05, 0.1) is 0 Å². The molecule has 0 aromatic rings. The van der Waals surface area contributed by atoms with Crippen molar-refractivity contribution in [3.63, 3.8) is 0 Å². The number of rotatable bonds is 4. The number of fused-ring (bicyclic) bond motifs is 2. The first-order valence-corrected chi connectivity index (χ1v) is 8.45. The van der Waals surface area contributed by atoms with Gasteiger partial charge in [-0.05, 0) is 57.3 Å². The summed E-state index contributed by atoms with van der Waals surface area (Å²) in [6.07, 6.45) is 8.93. The topological polar surface area (TPSA) is 84.2 Å². The fourth-order valence-corrected chi connectivity index (χ4v) is 4.41. The fourth-order valence-electron chi connectivity index (χ4n) is 4.41. The molecule has 0 aromatic carbocycles. The summed E-state index contributed by atoms with van der Waals surface area (Å²) >= 11 is 0. The second kappa shape index (κ2) is 6.34. The van der Waals surface area contributed by atoms with Crippen LogP contribution < -0.4 is 16.4 Å². The zero-order chi connectivity index (χ0) is 14.8. The van der Waals surface area contributed by atoms with Crippen molar-refractivity contribution in [3.8, 4) is 0 Å². The minimum Gasteiger partial charge on any atom is -0.369 e. The van der Waals surface area contributed by atoms with Crippen molar-refractivity contribution in [2.75, 3.05) is 0 Å². The molecule has 2 bridgehead atoms. The molecule has 5 nitrogen and oxygen atoms in total. The van der Waals surface area contributed by atoms with Gasteiger partial charge in [-0.15, -0.1) is 0 Å². The largest absolute Gasteiger partial charge is 0.369 e. The molecule has 3 aliphatic rings. The fraction of sp³-hybridized carbons (Fsp3) is 0.875. The molecule has 0 radical (unpaired) electrons. The van der Waals surface area contributed by atoms with Crippen LogP contribution >= 0.6 is 0 Å². The Morgan fingerprint density at radius 3 is 2.19 bits per heavy atom. The average Bonchev–Trinajstić information content (AvgIpc) is 2.78. The van der Waals surface area contributed by atoms with E-state index in [4.69, 9.17) is 5.73 Å². The van der Waals surface area contributed by atoms with Crippen LogP contribution in [0.4, 0.5) is 0 Å². The van der Waals surface area contributed by atoms with Crippen molar-refractivity contribution in [3.05, 3.63) is 0 Å². The number of nitrogens with two attached hydrogens (primary N) is 1. The lowest BCUT2D eigenvalue weighted by Gasteiger charge is -2.30. The first-order valence-electron chi connectivity index (χ1n) is 8.45. The van der Waals surface area contributed by atoms with Gasteiger partial charge < -0.3 is 16.4 Å². The summed E-state index contributed by atoms with van der Waals surface area (Å²) in [6.45, 7) is 0. The molecule has 3 rings (SSSR count). The Kier molecular flexibility index (Phi) is 4.48. The number of amides is 2. The van der Waals surface area contributed by atoms with E-state index in [1.54, 1.807) is 0 Å². The molecule has 1 aliphatic carbocycles. The van der Waals surface area contributed by atoms with E-state index in [9.17, 15) is 9.59 Å². The normalized spacial score (nSPS) is 39.0. The van der Waals surface area contributed by atoms with Gasteiger partial charge in [-0.2, -0.15) is 0 Å². The third kappa shape index (κ3) is 3.76. The minimum atomic E-state index is -0.190. The van der Waals surface area contributed by atoms with Crippen LogP contribution in [0.15, 0.2) is 0 Å². The second-order valence-corrected chi connectivity index (χ2v) is 7.20. The number of hydrogen-bond acceptors (Lipinski definition) is 3. The van der Waals surface area contributed by atoms with E-state index in [-0.39, 0.29) is 23.8 Å². The molecule has 3 fully saturated rings. The summed E-state index contributed by atoms with van der Waals surface area (Å²) < 4.78 is 0. The van der Waals surface area contributed by atoms with Crippen molar-refractivity contribution >= 4 is 11.8 Å². The molecule has 21 heavy (non-hydrogen) atoms. The summed E-state index contributed by atoms with van der Waals surface area (Å²) in [5.74, 6) is 0.567. The van der Waals surface area contributed by atoms with E-state index in [1.807, 2.05) is 0 Å². The molecular weight excluding hydrogens is 266 g/mol. The maximum Gasteiger partial charge on any atom is 0.220 e. The average molecular weight is 293 g/mol. The van der Waals surface area contributed by atoms with E-state index >= 15 is 0 Å². The monoisotopic (exact) mass is 293 g/mol. The maximum absolute atomic E-state index is 12.2. The number of hydrogen-bond donors (Lipinski definition) is 3. The molecule has 0 aromatic heterocycles. The van der Waals surface area contributed by atoms with Crippen LogP contribution in [0.5, 0.6) is 0 Å². The Balaban J connectivity index is 1.40. The molecule has 2 heterocycles. The molecule has 2 atom stereocenters. The predicted octanol–water partition coefficient (Wildman–Crippen LogP) is 1.07. The van der Waals surface area contributed by atoms with Crippen LogP contribution in [0.2, 0.25) is 0 Å². The van der Waals surface area contributed by atoms with E-state index < -0.39 is 0 Å². The number of nitrogens with one attached hydrogen (secondary N) is 2. The van der Waals surface area contributed by atoms with Crippen LogP contribution in [-0.4, -0.2) is 29.9 Å². The Bertz CT molecular complexity index is 392. The third-order valence-electron chi connectivity index (χ3n) is 5.54. The highest BCUT2D eigenvalue weighted by Crippen LogP contribution is 2.32. The van der Waals surface area contributed by atoms with E-state index in [2.05, 4.69) is 10.6 Å². The molecule has 2 saturated heterocycles. The van der Waals surface area contributed by atoms with Crippen molar-refractivity contribution in [2.24, 2.45) is 17.6 Å². The van der Waals surface area contributed by atoms with E-state index in [0.29, 0.717) is 24.4 Å². The summed E-state index contributed by atoms with van der Waals surface area (Å²) in [4.78, 5) is 23.3. The van der Waals surface area contributed by atoms with Crippen molar-refractivity contribution in [1.82, 2.24) is 10.6 Å². The van der Waals surface area contributed by atoms with Crippen LogP contribution in [0.25, 0.3) is 0 Å². The van der Waals surface area contributed by atoms with E-state index in [0.717, 1.165) is 38.5 Å². The van der Waals surface area contributed by atoms with Gasteiger partial charge in [-0.3, -0.25) is 9.59 Å². The van der Waals surface area contributed by atoms with Crippen molar-refractivity contribution < 1.29 is 9.59 Å². The highest BCUT2D eigenvalue weighted by molar-refractivity contribution is 5.77. The molecule has 1 saturated carbocycles. The van der Waals surface area contributed by atoms with Gasteiger partial charge in [-0.25, -0.2) is 0 Å². The lowest BCUT2D eigenvalue weighted by Crippen LogP contribution is -2.42. The summed E-state index contributed by atoms with van der Waals surface area (Å²) in [6, 6.07) is 1.53. The Labute approximate surface area is 126 Å². The summed E-state index contributed by atoms with van der Waals surface area (Å²) in [5.41, 5.74) is 5.34. The minimum absolute atomic E-state index is 0.0122. The van der Waals surface area contributed by atoms with Gasteiger partial charge in [0, 0.05) is 30.5 Å². The molecule has 118 valence electrons. The zero-order valence-electron chi connectivity index (χ0n) is 12.6. The number of primary amides is 1. The lowest BCUT2D eigenvalue weighted by atomic mass is 9.85. The van der Waals surface area contributed by atoms with Gasteiger partial charge in [0.2, 0.25) is 11.8 Å². The highest BCUT2D eigenvalue weighted by atomic mass is 16.2. The Hall–Kier alpha value is -1.10. The summed E-state index contributed by atoms with van der Waals surface area (Å²) in [5, 5.41) is 6.78. The third-order valence-corrected chi connectivity index (χ3v) is 5.54. The maximum atomic E-state index is 12.2. The van der Waals surface area contributed by atoms with Crippen LogP contribution in [-0.2, 0) is 9.59 Å². The SMILES string of the molecule is NC(=O)C1CCC(NC(=O)CC2CC3CCC(C2)N3)CC1. The van der Waals surface area contributed by atoms with Crippen molar-refractivity contribution in [1.29, 1.82) is 0 Å². The van der Waals surface area contributed by atoms with Crippen LogP contribution in [0, 0.1) is 11.8 Å². The lowest BCUT2D eigenvalue weighted by molar-refractivity contribution is -0.123. The van der Waals surface area contributed by atoms with E-state index in [1.165, 1.54) is 12.8 Å². The first-order chi connectivity index (χ1) is 10.1. The van der Waals surface area contributed by atoms with Gasteiger partial charge in [0.25, 0.3) is 0 Å². The smallest absolute Gasteiger partial charge is 0.220 e.